The van der Waals surface area contributed by atoms with Gasteiger partial charge >= 0.3 is 8.56 Å². The summed E-state index contributed by atoms with van der Waals surface area (Å²) in [6.45, 7) is 5.26. The highest BCUT2D eigenvalue weighted by atomic mass is 28.4. The van der Waals surface area contributed by atoms with E-state index >= 15 is 0 Å². The summed E-state index contributed by atoms with van der Waals surface area (Å²) in [5, 5.41) is 2.44. The molecule has 1 saturated carbocycles. The zero-order chi connectivity index (χ0) is 19.0. The predicted molar refractivity (Wildman–Crippen MR) is 116 cm³/mol. The number of unbranched alkanes of at least 4 members (excludes halogenated alkanes) is 2. The van der Waals surface area contributed by atoms with Crippen LogP contribution in [0.3, 0.4) is 0 Å². The first kappa shape index (κ1) is 20.3. The van der Waals surface area contributed by atoms with Crippen LogP contribution in [-0.4, -0.2) is 21.3 Å². The summed E-state index contributed by atoms with van der Waals surface area (Å²) in [5.41, 5.74) is 0. The van der Waals surface area contributed by atoms with E-state index < -0.39 is 8.56 Å². The van der Waals surface area contributed by atoms with Crippen molar-refractivity contribution in [3.05, 3.63) is 60.7 Å². The molecule has 1 aliphatic carbocycles. The van der Waals surface area contributed by atoms with Gasteiger partial charge in [-0.25, -0.2) is 0 Å². The van der Waals surface area contributed by atoms with Crippen molar-refractivity contribution in [2.75, 3.05) is 6.61 Å². The van der Waals surface area contributed by atoms with Gasteiger partial charge in [-0.15, -0.1) is 0 Å². The number of hydrogen-bond donors (Lipinski definition) is 0. The van der Waals surface area contributed by atoms with Gasteiger partial charge in [0.1, 0.15) is 0 Å². The first-order chi connectivity index (χ1) is 13.3. The van der Waals surface area contributed by atoms with Crippen molar-refractivity contribution in [2.24, 2.45) is 5.92 Å². The third kappa shape index (κ3) is 5.10. The minimum Gasteiger partial charge on any atom is -0.388 e. The van der Waals surface area contributed by atoms with Gasteiger partial charge in [-0.1, -0.05) is 93.3 Å². The van der Waals surface area contributed by atoms with E-state index in [9.17, 15) is 0 Å². The number of rotatable bonds is 10. The molecule has 0 saturated heterocycles. The van der Waals surface area contributed by atoms with Gasteiger partial charge in [0.25, 0.3) is 0 Å². The molecular formula is C24H34O2Si. The fourth-order valence-corrected chi connectivity index (χ4v) is 7.59. The summed E-state index contributed by atoms with van der Waals surface area (Å²) < 4.78 is 13.7. The molecule has 2 aromatic rings. The van der Waals surface area contributed by atoms with Crippen LogP contribution in [0.15, 0.2) is 60.7 Å². The summed E-state index contributed by atoms with van der Waals surface area (Å²) >= 11 is 0. The monoisotopic (exact) mass is 382 g/mol. The highest BCUT2D eigenvalue weighted by molar-refractivity contribution is 6.92. The Morgan fingerprint density at radius 1 is 0.889 bits per heavy atom. The Labute approximate surface area is 166 Å². The van der Waals surface area contributed by atoms with E-state index in [2.05, 4.69) is 74.5 Å². The fraction of sp³-hybridized carbons (Fsp3) is 0.500. The standard InChI is InChI=1S/C24H34O2Si/c1-3-4-13-20-25-27(23-16-7-5-8-17-23,24-18-9-6-10-19-24)26-21(2)22-14-11-12-15-22/h5-10,16-19,21-22H,3-4,11-15,20H2,1-2H3. The highest BCUT2D eigenvalue weighted by Crippen LogP contribution is 2.30. The summed E-state index contributed by atoms with van der Waals surface area (Å²) in [7, 11) is -2.73. The molecule has 0 radical (unpaired) electrons. The van der Waals surface area contributed by atoms with Crippen LogP contribution >= 0.6 is 0 Å². The lowest BCUT2D eigenvalue weighted by Gasteiger charge is -2.36. The Kier molecular flexibility index (Phi) is 7.68. The van der Waals surface area contributed by atoms with Crippen LogP contribution in [0.5, 0.6) is 0 Å². The van der Waals surface area contributed by atoms with Crippen molar-refractivity contribution in [3.8, 4) is 0 Å². The molecule has 3 heteroatoms. The second-order valence-corrected chi connectivity index (χ2v) is 10.7. The summed E-state index contributed by atoms with van der Waals surface area (Å²) in [6, 6.07) is 21.4. The molecular weight excluding hydrogens is 348 g/mol. The lowest BCUT2D eigenvalue weighted by atomic mass is 10.0. The third-order valence-electron chi connectivity index (χ3n) is 5.78. The molecule has 1 fully saturated rings. The van der Waals surface area contributed by atoms with E-state index in [1.807, 2.05) is 0 Å². The quantitative estimate of drug-likeness (QED) is 0.423. The molecule has 0 N–H and O–H groups in total. The minimum absolute atomic E-state index is 0.228. The van der Waals surface area contributed by atoms with Crippen LogP contribution < -0.4 is 10.4 Å². The van der Waals surface area contributed by atoms with Gasteiger partial charge in [-0.3, -0.25) is 0 Å². The molecule has 0 aromatic heterocycles. The van der Waals surface area contributed by atoms with Crippen LogP contribution in [0.2, 0.25) is 0 Å². The highest BCUT2D eigenvalue weighted by Gasteiger charge is 2.45. The van der Waals surface area contributed by atoms with Gasteiger partial charge in [0.15, 0.2) is 0 Å². The normalized spacial score (nSPS) is 16.5. The largest absolute Gasteiger partial charge is 0.407 e. The van der Waals surface area contributed by atoms with Crippen molar-refractivity contribution < 1.29 is 8.85 Å². The van der Waals surface area contributed by atoms with E-state index in [0.717, 1.165) is 13.0 Å². The summed E-state index contributed by atoms with van der Waals surface area (Å²) in [5.74, 6) is 0.656. The molecule has 0 spiro atoms. The molecule has 2 aromatic carbocycles. The molecule has 0 bridgehead atoms. The lowest BCUT2D eigenvalue weighted by molar-refractivity contribution is 0.0996. The van der Waals surface area contributed by atoms with E-state index in [-0.39, 0.29) is 6.10 Å². The Bertz CT molecular complexity index is 613. The van der Waals surface area contributed by atoms with E-state index in [0.29, 0.717) is 5.92 Å². The predicted octanol–water partition coefficient (Wildman–Crippen LogP) is 5.05. The smallest absolute Gasteiger partial charge is 0.388 e. The molecule has 1 aliphatic rings. The van der Waals surface area contributed by atoms with Gasteiger partial charge in [0.05, 0.1) is 0 Å². The lowest BCUT2D eigenvalue weighted by Crippen LogP contribution is -2.65. The summed E-state index contributed by atoms with van der Waals surface area (Å²) in [4.78, 5) is 0. The second-order valence-electron chi connectivity index (χ2n) is 7.77. The van der Waals surface area contributed by atoms with Gasteiger partial charge in [-0.05, 0) is 42.5 Å². The topological polar surface area (TPSA) is 18.5 Å². The molecule has 3 rings (SSSR count). The first-order valence-corrected chi connectivity index (χ1v) is 12.5. The molecule has 0 amide bonds. The first-order valence-electron chi connectivity index (χ1n) is 10.7. The molecule has 2 nitrogen and oxygen atoms in total. The third-order valence-corrected chi connectivity index (χ3v) is 9.28. The van der Waals surface area contributed by atoms with Gasteiger partial charge in [0, 0.05) is 12.7 Å². The van der Waals surface area contributed by atoms with Crippen molar-refractivity contribution in [1.82, 2.24) is 0 Å². The van der Waals surface area contributed by atoms with E-state index in [1.165, 1.54) is 48.9 Å². The van der Waals surface area contributed by atoms with Crippen molar-refractivity contribution in [3.63, 3.8) is 0 Å². The van der Waals surface area contributed by atoms with Crippen LogP contribution in [-0.2, 0) is 8.85 Å². The van der Waals surface area contributed by atoms with Gasteiger partial charge in [-0.2, -0.15) is 0 Å². The zero-order valence-corrected chi connectivity index (χ0v) is 17.9. The van der Waals surface area contributed by atoms with Crippen LogP contribution in [0.4, 0.5) is 0 Å². The fourth-order valence-electron chi connectivity index (χ4n) is 4.17. The maximum atomic E-state index is 6.99. The second kappa shape index (κ2) is 10.2. The average molecular weight is 383 g/mol. The molecule has 146 valence electrons. The Morgan fingerprint density at radius 3 is 1.96 bits per heavy atom. The SMILES string of the molecule is CCCCCO[Si](OC(C)C1CCCC1)(c1ccccc1)c1ccccc1. The Hall–Kier alpha value is -1.42. The maximum Gasteiger partial charge on any atom is 0.407 e. The van der Waals surface area contributed by atoms with Crippen LogP contribution in [0.25, 0.3) is 0 Å². The Balaban J connectivity index is 1.95. The van der Waals surface area contributed by atoms with E-state index in [4.69, 9.17) is 8.85 Å². The van der Waals surface area contributed by atoms with Crippen molar-refractivity contribution in [1.29, 1.82) is 0 Å². The van der Waals surface area contributed by atoms with Crippen molar-refractivity contribution in [2.45, 2.75) is 64.9 Å². The van der Waals surface area contributed by atoms with Gasteiger partial charge < -0.3 is 8.85 Å². The van der Waals surface area contributed by atoms with Gasteiger partial charge in [0.2, 0.25) is 0 Å². The molecule has 0 heterocycles. The zero-order valence-electron chi connectivity index (χ0n) is 16.9. The number of benzene rings is 2. The van der Waals surface area contributed by atoms with Crippen molar-refractivity contribution >= 4 is 18.9 Å². The Morgan fingerprint density at radius 2 is 1.44 bits per heavy atom. The minimum atomic E-state index is -2.73. The van der Waals surface area contributed by atoms with Crippen LogP contribution in [0, 0.1) is 5.92 Å². The van der Waals surface area contributed by atoms with Crippen LogP contribution in [0.1, 0.15) is 58.8 Å². The van der Waals surface area contributed by atoms with E-state index in [1.54, 1.807) is 0 Å². The average Bonchev–Trinajstić information content (AvgIpc) is 3.27. The molecule has 27 heavy (non-hydrogen) atoms. The summed E-state index contributed by atoms with van der Waals surface area (Å²) in [6.07, 6.45) is 8.95. The molecule has 1 atom stereocenters. The molecule has 0 aliphatic heterocycles. The molecule has 1 unspecified atom stereocenters. The number of hydrogen-bond acceptors (Lipinski definition) is 2. The maximum absolute atomic E-state index is 6.99.